The molecule has 1 aliphatic carbocycles. The molecule has 4 atom stereocenters. The molecule has 0 saturated carbocycles. The number of nitrogens with zero attached hydrogens (tertiary/aromatic N) is 1. The van der Waals surface area contributed by atoms with Crippen molar-refractivity contribution in [1.82, 2.24) is 10.2 Å². The molecule has 1 N–H and O–H groups in total. The summed E-state index contributed by atoms with van der Waals surface area (Å²) >= 11 is 0. The number of likely N-dealkylation sites (tertiary alicyclic amines) is 1. The molecule has 3 heteroatoms. The predicted octanol–water partition coefficient (Wildman–Crippen LogP) is 4.73. The number of aldehydes is 1. The lowest BCUT2D eigenvalue weighted by molar-refractivity contribution is -0.108. The first-order chi connectivity index (χ1) is 14.3. The van der Waals surface area contributed by atoms with Crippen LogP contribution in [0.4, 0.5) is 0 Å². The largest absolute Gasteiger partial charge is 0.391 e. The summed E-state index contributed by atoms with van der Waals surface area (Å²) < 4.78 is 0. The van der Waals surface area contributed by atoms with Crippen molar-refractivity contribution >= 4 is 6.29 Å². The number of carbonyl (C=O) groups is 1. The molecule has 29 heavy (non-hydrogen) atoms. The Morgan fingerprint density at radius 2 is 2.03 bits per heavy atom. The highest BCUT2D eigenvalue weighted by atomic mass is 16.1. The van der Waals surface area contributed by atoms with Crippen molar-refractivity contribution in [3.05, 3.63) is 72.0 Å². The van der Waals surface area contributed by atoms with E-state index in [9.17, 15) is 4.79 Å². The number of piperidine rings is 1. The zero-order valence-corrected chi connectivity index (χ0v) is 17.4. The van der Waals surface area contributed by atoms with Crippen LogP contribution >= 0.6 is 0 Å². The van der Waals surface area contributed by atoms with E-state index < -0.39 is 0 Å². The highest BCUT2D eigenvalue weighted by molar-refractivity contribution is 5.49. The smallest absolute Gasteiger partial charge is 0.119 e. The van der Waals surface area contributed by atoms with E-state index in [0.29, 0.717) is 30.1 Å². The number of nitrogens with one attached hydrogen (secondary N) is 1. The van der Waals surface area contributed by atoms with Crippen LogP contribution in [0.25, 0.3) is 0 Å². The van der Waals surface area contributed by atoms with Crippen LogP contribution in [0.15, 0.2) is 66.4 Å². The van der Waals surface area contributed by atoms with Crippen LogP contribution in [-0.2, 0) is 11.3 Å². The molecular formula is C26H34N2O. The molecule has 154 valence electrons. The Morgan fingerprint density at radius 3 is 2.90 bits per heavy atom. The average molecular weight is 391 g/mol. The van der Waals surface area contributed by atoms with Gasteiger partial charge in [0.2, 0.25) is 0 Å². The molecule has 0 aromatic heterocycles. The average Bonchev–Trinajstić information content (AvgIpc) is 3.00. The fourth-order valence-corrected chi connectivity index (χ4v) is 5.25. The Kier molecular flexibility index (Phi) is 7.00. The Morgan fingerprint density at radius 1 is 1.14 bits per heavy atom. The van der Waals surface area contributed by atoms with Gasteiger partial charge < -0.3 is 10.1 Å². The van der Waals surface area contributed by atoms with Crippen molar-refractivity contribution in [3.63, 3.8) is 0 Å². The van der Waals surface area contributed by atoms with E-state index in [1.165, 1.54) is 30.4 Å². The zero-order chi connectivity index (χ0) is 19.9. The van der Waals surface area contributed by atoms with Crippen molar-refractivity contribution in [1.29, 1.82) is 0 Å². The van der Waals surface area contributed by atoms with Gasteiger partial charge >= 0.3 is 0 Å². The first kappa shape index (κ1) is 20.2. The van der Waals surface area contributed by atoms with Gasteiger partial charge in [-0.25, -0.2) is 0 Å². The third-order valence-electron chi connectivity index (χ3n) is 6.89. The predicted molar refractivity (Wildman–Crippen MR) is 119 cm³/mol. The van der Waals surface area contributed by atoms with Crippen molar-refractivity contribution in [2.24, 2.45) is 23.7 Å². The normalized spacial score (nSPS) is 29.4. The van der Waals surface area contributed by atoms with Crippen LogP contribution in [0.1, 0.15) is 37.7 Å². The Labute approximate surface area is 175 Å². The zero-order valence-electron chi connectivity index (χ0n) is 17.4. The molecule has 4 unspecified atom stereocenters. The maximum atomic E-state index is 10.8. The lowest BCUT2D eigenvalue weighted by Gasteiger charge is -2.41. The third-order valence-corrected chi connectivity index (χ3v) is 6.89. The molecule has 1 aromatic rings. The molecule has 0 amide bonds. The molecule has 2 aliphatic heterocycles. The molecule has 3 nitrogen and oxygen atoms in total. The molecule has 0 bridgehead atoms. The van der Waals surface area contributed by atoms with E-state index >= 15 is 0 Å². The molecule has 1 saturated heterocycles. The molecule has 0 radical (unpaired) electrons. The van der Waals surface area contributed by atoms with Gasteiger partial charge in [-0.2, -0.15) is 0 Å². The van der Waals surface area contributed by atoms with Gasteiger partial charge in [0, 0.05) is 32.0 Å². The van der Waals surface area contributed by atoms with Gasteiger partial charge in [-0.1, -0.05) is 54.6 Å². The second kappa shape index (κ2) is 10.1. The lowest BCUT2D eigenvalue weighted by atomic mass is 9.73. The van der Waals surface area contributed by atoms with Crippen molar-refractivity contribution in [2.75, 3.05) is 19.6 Å². The molecule has 3 aliphatic rings. The fraction of sp³-hybridized carbons (Fsp3) is 0.500. The fourth-order valence-electron chi connectivity index (χ4n) is 5.25. The summed E-state index contributed by atoms with van der Waals surface area (Å²) in [6.07, 6.45) is 18.3. The van der Waals surface area contributed by atoms with Crippen LogP contribution in [-0.4, -0.2) is 30.8 Å². The minimum atomic E-state index is 0.519. The summed E-state index contributed by atoms with van der Waals surface area (Å²) in [4.78, 5) is 13.5. The van der Waals surface area contributed by atoms with Crippen LogP contribution in [0.2, 0.25) is 0 Å². The van der Waals surface area contributed by atoms with Crippen LogP contribution in [0.5, 0.6) is 0 Å². The number of rotatable bonds is 7. The summed E-state index contributed by atoms with van der Waals surface area (Å²) in [7, 11) is 0. The Hall–Kier alpha value is -2.13. The minimum Gasteiger partial charge on any atom is -0.391 e. The third kappa shape index (κ3) is 5.27. The van der Waals surface area contributed by atoms with E-state index in [1.54, 1.807) is 0 Å². The quantitative estimate of drug-likeness (QED) is 0.540. The summed E-state index contributed by atoms with van der Waals surface area (Å²) in [5.41, 5.74) is 2.92. The summed E-state index contributed by atoms with van der Waals surface area (Å²) in [5.74, 6) is 2.40. The number of fused-ring (bicyclic) bond motifs is 1. The molecular weight excluding hydrogens is 356 g/mol. The van der Waals surface area contributed by atoms with Gasteiger partial charge in [0.1, 0.15) is 6.29 Å². The van der Waals surface area contributed by atoms with Gasteiger partial charge in [-0.3, -0.25) is 4.90 Å². The van der Waals surface area contributed by atoms with Crippen LogP contribution in [0.3, 0.4) is 0 Å². The molecule has 1 fully saturated rings. The number of allylic oxidation sites excluding steroid dienone is 4. The van der Waals surface area contributed by atoms with Crippen molar-refractivity contribution < 1.29 is 4.79 Å². The van der Waals surface area contributed by atoms with E-state index in [4.69, 9.17) is 0 Å². The van der Waals surface area contributed by atoms with Gasteiger partial charge in [0.05, 0.1) is 0 Å². The van der Waals surface area contributed by atoms with Crippen LogP contribution in [0, 0.1) is 23.7 Å². The van der Waals surface area contributed by atoms with E-state index in [0.717, 1.165) is 38.9 Å². The SMILES string of the molecule is O=CCCCC1CCN(Cc2ccccc2)CC1C1=CC2C=CNCCC2C=C1. The standard InChI is InChI=1S/C26H34N2O/c29-17-5-4-8-23-13-16-28(19-21-6-2-1-3-7-21)20-26(23)25-10-9-22-11-14-27-15-12-24(22)18-25/h1-3,6-7,9-10,12,15,17-18,22-24,26-27H,4-5,8,11,13-14,16,19-20H2. The minimum absolute atomic E-state index is 0.519. The number of hydrogen-bond acceptors (Lipinski definition) is 3. The summed E-state index contributed by atoms with van der Waals surface area (Å²) in [6.45, 7) is 4.37. The molecule has 0 spiro atoms. The van der Waals surface area contributed by atoms with Gasteiger partial charge in [-0.05, 0) is 67.3 Å². The first-order valence-corrected chi connectivity index (χ1v) is 11.3. The maximum absolute atomic E-state index is 10.8. The topological polar surface area (TPSA) is 32.3 Å². The van der Waals surface area contributed by atoms with Crippen molar-refractivity contribution in [2.45, 2.75) is 38.6 Å². The number of unbranched alkanes of at least 4 members (excludes halogenated alkanes) is 1. The molecule has 4 rings (SSSR count). The summed E-state index contributed by atoms with van der Waals surface area (Å²) in [6, 6.07) is 10.8. The molecule has 1 aromatic carbocycles. The van der Waals surface area contributed by atoms with Gasteiger partial charge in [0.25, 0.3) is 0 Å². The lowest BCUT2D eigenvalue weighted by Crippen LogP contribution is -2.41. The maximum Gasteiger partial charge on any atom is 0.119 e. The monoisotopic (exact) mass is 390 g/mol. The Balaban J connectivity index is 1.50. The first-order valence-electron chi connectivity index (χ1n) is 11.3. The highest BCUT2D eigenvalue weighted by Gasteiger charge is 2.32. The van der Waals surface area contributed by atoms with E-state index in [2.05, 4.69) is 71.1 Å². The number of carbonyl (C=O) groups excluding carboxylic acids is 1. The Bertz CT molecular complexity index is 751. The second-order valence-electron chi connectivity index (χ2n) is 8.84. The van der Waals surface area contributed by atoms with Gasteiger partial charge in [0.15, 0.2) is 0 Å². The summed E-state index contributed by atoms with van der Waals surface area (Å²) in [5, 5.41) is 3.39. The number of hydrogen-bond donors (Lipinski definition) is 1. The number of benzene rings is 1. The van der Waals surface area contributed by atoms with E-state index in [-0.39, 0.29) is 0 Å². The second-order valence-corrected chi connectivity index (χ2v) is 8.84. The highest BCUT2D eigenvalue weighted by Crippen LogP contribution is 2.38. The van der Waals surface area contributed by atoms with Crippen LogP contribution < -0.4 is 5.32 Å². The van der Waals surface area contributed by atoms with Crippen molar-refractivity contribution in [3.8, 4) is 0 Å². The van der Waals surface area contributed by atoms with E-state index in [1.807, 2.05) is 0 Å². The molecule has 2 heterocycles. The van der Waals surface area contributed by atoms with Gasteiger partial charge in [-0.15, -0.1) is 0 Å².